The highest BCUT2D eigenvalue weighted by atomic mass is 16.6. The molecule has 1 saturated heterocycles. The Morgan fingerprint density at radius 3 is 2.86 bits per heavy atom. The predicted molar refractivity (Wildman–Crippen MR) is 75.5 cm³/mol. The van der Waals surface area contributed by atoms with Crippen molar-refractivity contribution in [1.82, 2.24) is 0 Å². The molecule has 0 spiro atoms. The molecular weight excluding hydrogens is 268 g/mol. The second kappa shape index (κ2) is 4.45. The van der Waals surface area contributed by atoms with Crippen LogP contribution in [0.1, 0.15) is 24.0 Å². The lowest BCUT2D eigenvalue weighted by Crippen LogP contribution is -2.32. The molecule has 0 unspecified atom stereocenters. The van der Waals surface area contributed by atoms with Crippen molar-refractivity contribution in [2.75, 3.05) is 7.11 Å². The fraction of sp³-hybridized carbons (Fsp3) is 0.412. The molecule has 1 fully saturated rings. The van der Waals surface area contributed by atoms with Gasteiger partial charge in [0.1, 0.15) is 5.75 Å². The molecule has 4 nitrogen and oxygen atoms in total. The molecular formula is C17H16O4. The zero-order valence-corrected chi connectivity index (χ0v) is 11.8. The summed E-state index contributed by atoms with van der Waals surface area (Å²) < 4.78 is 10.1. The van der Waals surface area contributed by atoms with Crippen molar-refractivity contribution in [3.8, 4) is 5.75 Å². The van der Waals surface area contributed by atoms with Crippen LogP contribution >= 0.6 is 0 Å². The Morgan fingerprint density at radius 1 is 1.19 bits per heavy atom. The van der Waals surface area contributed by atoms with Gasteiger partial charge in [0, 0.05) is 0 Å². The number of cyclic esters (lactones) is 2. The van der Waals surface area contributed by atoms with Gasteiger partial charge >= 0.3 is 11.9 Å². The van der Waals surface area contributed by atoms with Gasteiger partial charge in [0.15, 0.2) is 0 Å². The summed E-state index contributed by atoms with van der Waals surface area (Å²) in [5, 5.41) is 0. The van der Waals surface area contributed by atoms with Crippen LogP contribution in [-0.2, 0) is 20.7 Å². The average Bonchev–Trinajstić information content (AvgIpc) is 2.81. The predicted octanol–water partition coefficient (Wildman–Crippen LogP) is 2.36. The molecule has 108 valence electrons. The first-order valence-electron chi connectivity index (χ1n) is 7.32. The molecule has 4 rings (SSSR count). The van der Waals surface area contributed by atoms with Gasteiger partial charge < -0.3 is 9.47 Å². The minimum atomic E-state index is -0.346. The van der Waals surface area contributed by atoms with Crippen molar-refractivity contribution in [3.63, 3.8) is 0 Å². The fourth-order valence-electron chi connectivity index (χ4n) is 3.98. The van der Waals surface area contributed by atoms with Gasteiger partial charge in [0.25, 0.3) is 0 Å². The monoisotopic (exact) mass is 284 g/mol. The zero-order valence-electron chi connectivity index (χ0n) is 11.8. The molecule has 0 saturated carbocycles. The van der Waals surface area contributed by atoms with Gasteiger partial charge in [0.05, 0.1) is 18.9 Å². The van der Waals surface area contributed by atoms with Crippen molar-refractivity contribution in [3.05, 3.63) is 35.4 Å². The molecule has 1 aromatic rings. The van der Waals surface area contributed by atoms with E-state index in [0.29, 0.717) is 6.42 Å². The Hall–Kier alpha value is -2.10. The molecule has 4 heteroatoms. The van der Waals surface area contributed by atoms with E-state index in [2.05, 4.69) is 18.2 Å². The smallest absolute Gasteiger partial charge is 0.318 e. The van der Waals surface area contributed by atoms with E-state index in [9.17, 15) is 9.59 Å². The molecule has 1 aliphatic heterocycles. The van der Waals surface area contributed by atoms with Crippen LogP contribution in [0.5, 0.6) is 5.75 Å². The normalized spacial score (nSPS) is 30.0. The van der Waals surface area contributed by atoms with Gasteiger partial charge in [-0.05, 0) is 54.0 Å². The van der Waals surface area contributed by atoms with Crippen molar-refractivity contribution >= 4 is 17.5 Å². The number of ether oxygens (including phenoxy) is 2. The van der Waals surface area contributed by atoms with Crippen molar-refractivity contribution < 1.29 is 19.1 Å². The quantitative estimate of drug-likeness (QED) is 0.587. The van der Waals surface area contributed by atoms with Crippen LogP contribution in [0.2, 0.25) is 0 Å². The summed E-state index contributed by atoms with van der Waals surface area (Å²) >= 11 is 0. The first-order chi connectivity index (χ1) is 10.2. The Labute approximate surface area is 122 Å². The van der Waals surface area contributed by atoms with Gasteiger partial charge in [0.2, 0.25) is 0 Å². The first-order valence-corrected chi connectivity index (χ1v) is 7.32. The van der Waals surface area contributed by atoms with Crippen molar-refractivity contribution in [2.45, 2.75) is 19.3 Å². The van der Waals surface area contributed by atoms with Crippen LogP contribution in [0.4, 0.5) is 0 Å². The van der Waals surface area contributed by atoms with Crippen LogP contribution in [0.25, 0.3) is 5.57 Å². The lowest BCUT2D eigenvalue weighted by molar-refractivity contribution is -0.154. The van der Waals surface area contributed by atoms with E-state index in [1.165, 1.54) is 16.7 Å². The highest BCUT2D eigenvalue weighted by Gasteiger charge is 2.51. The summed E-state index contributed by atoms with van der Waals surface area (Å²) in [6.07, 6.45) is 4.51. The Kier molecular flexibility index (Phi) is 2.67. The number of hydrogen-bond donors (Lipinski definition) is 0. The maximum absolute atomic E-state index is 12.0. The van der Waals surface area contributed by atoms with Crippen LogP contribution in [0, 0.1) is 17.8 Å². The van der Waals surface area contributed by atoms with E-state index in [4.69, 9.17) is 9.47 Å². The largest absolute Gasteiger partial charge is 0.497 e. The van der Waals surface area contributed by atoms with E-state index in [0.717, 1.165) is 18.6 Å². The number of rotatable bonds is 1. The first kappa shape index (κ1) is 12.6. The minimum absolute atomic E-state index is 0.114. The number of fused-ring (bicyclic) bond motifs is 5. The van der Waals surface area contributed by atoms with E-state index < -0.39 is 0 Å². The minimum Gasteiger partial charge on any atom is -0.497 e. The molecule has 1 heterocycles. The molecule has 2 aliphatic carbocycles. The third kappa shape index (κ3) is 1.75. The van der Waals surface area contributed by atoms with Crippen molar-refractivity contribution in [1.29, 1.82) is 0 Å². The van der Waals surface area contributed by atoms with Crippen LogP contribution in [0.15, 0.2) is 24.3 Å². The average molecular weight is 284 g/mol. The maximum Gasteiger partial charge on any atom is 0.318 e. The maximum atomic E-state index is 12.0. The molecule has 0 radical (unpaired) electrons. The number of carbonyl (C=O) groups excluding carboxylic acids is 2. The Bertz CT molecular complexity index is 673. The third-order valence-electron chi connectivity index (χ3n) is 4.98. The molecule has 0 N–H and O–H groups in total. The number of methoxy groups -OCH3 is 1. The standard InChI is InChI=1S/C17H16O4/c1-20-10-3-5-11-9(8-10)2-4-13-12(11)6-7-14-15(13)17(19)21-16(14)18/h3,5-6,8,13-15H,2,4,7H2,1H3/t13-,14+,15+/m1/s1. The van der Waals surface area contributed by atoms with E-state index >= 15 is 0 Å². The zero-order chi connectivity index (χ0) is 14.6. The van der Waals surface area contributed by atoms with Crippen LogP contribution in [0.3, 0.4) is 0 Å². The Balaban J connectivity index is 1.77. The molecule has 3 atom stereocenters. The van der Waals surface area contributed by atoms with E-state index in [1.54, 1.807) is 7.11 Å². The number of esters is 2. The second-order valence-corrected chi connectivity index (χ2v) is 5.94. The van der Waals surface area contributed by atoms with Crippen LogP contribution < -0.4 is 4.74 Å². The summed E-state index contributed by atoms with van der Waals surface area (Å²) in [7, 11) is 1.66. The highest BCUT2D eigenvalue weighted by molar-refractivity contribution is 5.99. The van der Waals surface area contributed by atoms with Gasteiger partial charge in [-0.3, -0.25) is 9.59 Å². The lowest BCUT2D eigenvalue weighted by atomic mass is 9.66. The second-order valence-electron chi connectivity index (χ2n) is 5.94. The summed E-state index contributed by atoms with van der Waals surface area (Å²) in [5.74, 6) is -0.266. The van der Waals surface area contributed by atoms with Gasteiger partial charge in [-0.25, -0.2) is 0 Å². The summed E-state index contributed by atoms with van der Waals surface area (Å²) in [6, 6.07) is 6.08. The molecule has 0 bridgehead atoms. The third-order valence-corrected chi connectivity index (χ3v) is 4.98. The number of aryl methyl sites for hydroxylation is 1. The summed E-state index contributed by atoms with van der Waals surface area (Å²) in [6.45, 7) is 0. The fourth-order valence-corrected chi connectivity index (χ4v) is 3.98. The lowest BCUT2D eigenvalue weighted by Gasteiger charge is -2.35. The van der Waals surface area contributed by atoms with E-state index in [-0.39, 0.29) is 29.7 Å². The number of carbonyl (C=O) groups is 2. The molecule has 21 heavy (non-hydrogen) atoms. The van der Waals surface area contributed by atoms with Gasteiger partial charge in [-0.2, -0.15) is 0 Å². The molecule has 0 amide bonds. The SMILES string of the molecule is COc1ccc2c(c1)CC[C@@H]1C2=CC[C@@H]2C(=O)OC(=O)[C@H]21. The number of benzene rings is 1. The van der Waals surface area contributed by atoms with E-state index in [1.807, 2.05) is 6.07 Å². The highest BCUT2D eigenvalue weighted by Crippen LogP contribution is 2.49. The number of hydrogen-bond acceptors (Lipinski definition) is 4. The molecule has 1 aromatic carbocycles. The summed E-state index contributed by atoms with van der Waals surface area (Å²) in [5.41, 5.74) is 3.65. The topological polar surface area (TPSA) is 52.6 Å². The van der Waals surface area contributed by atoms with Gasteiger partial charge in [-0.1, -0.05) is 12.1 Å². The van der Waals surface area contributed by atoms with Crippen LogP contribution in [-0.4, -0.2) is 19.0 Å². The summed E-state index contributed by atoms with van der Waals surface area (Å²) in [4.78, 5) is 23.7. The molecule has 3 aliphatic rings. The Morgan fingerprint density at radius 2 is 2.05 bits per heavy atom. The molecule has 0 aromatic heterocycles. The van der Waals surface area contributed by atoms with Crippen molar-refractivity contribution in [2.24, 2.45) is 17.8 Å². The number of allylic oxidation sites excluding steroid dienone is 2. The van der Waals surface area contributed by atoms with Gasteiger partial charge in [-0.15, -0.1) is 0 Å².